The molecule has 21 heavy (non-hydrogen) atoms. The molecule has 108 valence electrons. The Labute approximate surface area is 124 Å². The van der Waals surface area contributed by atoms with Gasteiger partial charge in [-0.2, -0.15) is 0 Å². The Bertz CT molecular complexity index is 732. The largest absolute Gasteiger partial charge is 0.497 e. The highest BCUT2D eigenvalue weighted by molar-refractivity contribution is 5.84. The van der Waals surface area contributed by atoms with Crippen molar-refractivity contribution in [2.75, 3.05) is 13.7 Å². The van der Waals surface area contributed by atoms with Gasteiger partial charge in [0.25, 0.3) is 0 Å². The maximum atomic E-state index is 6.04. The van der Waals surface area contributed by atoms with Gasteiger partial charge in [-0.05, 0) is 36.7 Å². The van der Waals surface area contributed by atoms with Gasteiger partial charge in [0, 0.05) is 17.4 Å². The van der Waals surface area contributed by atoms with Crippen LogP contribution in [0.2, 0.25) is 0 Å². The van der Waals surface area contributed by atoms with Gasteiger partial charge in [-0.3, -0.25) is 0 Å². The van der Waals surface area contributed by atoms with E-state index in [9.17, 15) is 0 Å². The molecule has 3 aromatic rings. The van der Waals surface area contributed by atoms with Crippen molar-refractivity contribution < 1.29 is 9.15 Å². The van der Waals surface area contributed by atoms with E-state index in [2.05, 4.69) is 12.1 Å². The van der Waals surface area contributed by atoms with Gasteiger partial charge in [0.15, 0.2) is 0 Å². The van der Waals surface area contributed by atoms with Crippen LogP contribution in [0, 0.1) is 0 Å². The van der Waals surface area contributed by atoms with Crippen LogP contribution in [0.15, 0.2) is 52.9 Å². The van der Waals surface area contributed by atoms with Crippen molar-refractivity contribution in [1.82, 2.24) is 0 Å². The quantitative estimate of drug-likeness (QED) is 0.778. The van der Waals surface area contributed by atoms with Gasteiger partial charge in [0.05, 0.1) is 7.11 Å². The highest BCUT2D eigenvalue weighted by Gasteiger charge is 2.14. The maximum Gasteiger partial charge on any atom is 0.134 e. The molecule has 0 bridgehead atoms. The Morgan fingerprint density at radius 2 is 1.90 bits per heavy atom. The lowest BCUT2D eigenvalue weighted by molar-refractivity contribution is 0.415. The predicted molar refractivity (Wildman–Crippen MR) is 84.8 cm³/mol. The summed E-state index contributed by atoms with van der Waals surface area (Å²) in [5.74, 6) is 1.84. The van der Waals surface area contributed by atoms with Crippen molar-refractivity contribution in [3.63, 3.8) is 0 Å². The molecule has 0 aliphatic carbocycles. The van der Waals surface area contributed by atoms with E-state index in [0.29, 0.717) is 6.54 Å². The second kappa shape index (κ2) is 6.02. The first-order valence-electron chi connectivity index (χ1n) is 7.14. The molecule has 0 aliphatic heterocycles. The molecule has 3 heteroatoms. The van der Waals surface area contributed by atoms with Crippen LogP contribution >= 0.6 is 0 Å². The molecule has 0 aliphatic rings. The Kier molecular flexibility index (Phi) is 3.93. The first kappa shape index (κ1) is 13.7. The van der Waals surface area contributed by atoms with Gasteiger partial charge in [0.2, 0.25) is 0 Å². The summed E-state index contributed by atoms with van der Waals surface area (Å²) in [4.78, 5) is 0. The van der Waals surface area contributed by atoms with E-state index in [1.807, 2.05) is 36.4 Å². The van der Waals surface area contributed by atoms with E-state index in [-0.39, 0.29) is 0 Å². The fraction of sp³-hybridized carbons (Fsp3) is 0.222. The third kappa shape index (κ3) is 2.78. The SMILES string of the molecule is COc1ccc2oc(Cc3ccccc3)c(CCN)c2c1. The summed E-state index contributed by atoms with van der Waals surface area (Å²) in [6, 6.07) is 16.2. The van der Waals surface area contributed by atoms with Crippen LogP contribution < -0.4 is 10.5 Å². The van der Waals surface area contributed by atoms with Gasteiger partial charge in [-0.15, -0.1) is 0 Å². The van der Waals surface area contributed by atoms with Crippen molar-refractivity contribution in [1.29, 1.82) is 0 Å². The summed E-state index contributed by atoms with van der Waals surface area (Å²) in [6.07, 6.45) is 1.59. The molecule has 0 amide bonds. The van der Waals surface area contributed by atoms with E-state index in [0.717, 1.165) is 35.3 Å². The number of hydrogen-bond acceptors (Lipinski definition) is 3. The lowest BCUT2D eigenvalue weighted by atomic mass is 10.0. The molecule has 0 radical (unpaired) electrons. The minimum atomic E-state index is 0.605. The molecule has 0 atom stereocenters. The minimum Gasteiger partial charge on any atom is -0.497 e. The second-order valence-electron chi connectivity index (χ2n) is 5.07. The van der Waals surface area contributed by atoms with Gasteiger partial charge in [-0.25, -0.2) is 0 Å². The lowest BCUT2D eigenvalue weighted by Gasteiger charge is -2.03. The van der Waals surface area contributed by atoms with Gasteiger partial charge in [-0.1, -0.05) is 30.3 Å². The number of fused-ring (bicyclic) bond motifs is 1. The summed E-state index contributed by atoms with van der Waals surface area (Å²) in [6.45, 7) is 0.605. The molecule has 0 saturated carbocycles. The van der Waals surface area contributed by atoms with Crippen LogP contribution in [0.1, 0.15) is 16.9 Å². The highest BCUT2D eigenvalue weighted by Crippen LogP contribution is 2.31. The molecule has 3 rings (SSSR count). The summed E-state index contributed by atoms with van der Waals surface area (Å²) in [5, 5.41) is 1.10. The van der Waals surface area contributed by atoms with Gasteiger partial charge >= 0.3 is 0 Å². The molecule has 2 aromatic carbocycles. The van der Waals surface area contributed by atoms with E-state index < -0.39 is 0 Å². The molecule has 2 N–H and O–H groups in total. The Morgan fingerprint density at radius 1 is 1.10 bits per heavy atom. The molecule has 0 saturated heterocycles. The number of benzene rings is 2. The van der Waals surface area contributed by atoms with Crippen LogP contribution in [0.5, 0.6) is 5.75 Å². The van der Waals surface area contributed by atoms with Crippen LogP contribution in [-0.2, 0) is 12.8 Å². The number of hydrogen-bond donors (Lipinski definition) is 1. The van der Waals surface area contributed by atoms with Gasteiger partial charge in [0.1, 0.15) is 17.1 Å². The van der Waals surface area contributed by atoms with Crippen molar-refractivity contribution in [3.05, 3.63) is 65.4 Å². The monoisotopic (exact) mass is 281 g/mol. The molecular formula is C18H19NO2. The molecule has 0 unspecified atom stereocenters. The first-order valence-corrected chi connectivity index (χ1v) is 7.14. The summed E-state index contributed by atoms with van der Waals surface area (Å²) >= 11 is 0. The standard InChI is InChI=1S/C18H19NO2/c1-20-14-7-8-17-16(12-14)15(9-10-19)18(21-17)11-13-5-3-2-4-6-13/h2-8,12H,9-11,19H2,1H3. The molecule has 0 fully saturated rings. The highest BCUT2D eigenvalue weighted by atomic mass is 16.5. The minimum absolute atomic E-state index is 0.605. The van der Waals surface area contributed by atoms with Crippen molar-refractivity contribution >= 4 is 11.0 Å². The average molecular weight is 281 g/mol. The molecule has 3 nitrogen and oxygen atoms in total. The summed E-state index contributed by atoms with van der Waals surface area (Å²) < 4.78 is 11.4. The number of methoxy groups -OCH3 is 1. The van der Waals surface area contributed by atoms with E-state index >= 15 is 0 Å². The number of furan rings is 1. The van der Waals surface area contributed by atoms with E-state index in [1.165, 1.54) is 11.1 Å². The molecular weight excluding hydrogens is 262 g/mol. The molecule has 1 aromatic heterocycles. The fourth-order valence-corrected chi connectivity index (χ4v) is 2.65. The third-order valence-corrected chi connectivity index (χ3v) is 3.68. The Balaban J connectivity index is 2.06. The zero-order valence-electron chi connectivity index (χ0n) is 12.1. The molecule has 1 heterocycles. The third-order valence-electron chi connectivity index (χ3n) is 3.68. The first-order chi connectivity index (χ1) is 10.3. The fourth-order valence-electron chi connectivity index (χ4n) is 2.65. The average Bonchev–Trinajstić information content (AvgIpc) is 2.85. The summed E-state index contributed by atoms with van der Waals surface area (Å²) in [7, 11) is 1.68. The predicted octanol–water partition coefficient (Wildman–Crippen LogP) is 3.53. The number of ether oxygens (including phenoxy) is 1. The zero-order valence-corrected chi connectivity index (χ0v) is 12.1. The van der Waals surface area contributed by atoms with Crippen molar-refractivity contribution in [2.24, 2.45) is 5.73 Å². The topological polar surface area (TPSA) is 48.4 Å². The molecule has 0 spiro atoms. The van der Waals surface area contributed by atoms with Crippen LogP contribution in [0.25, 0.3) is 11.0 Å². The smallest absolute Gasteiger partial charge is 0.134 e. The number of rotatable bonds is 5. The lowest BCUT2D eigenvalue weighted by Crippen LogP contribution is -2.04. The Hall–Kier alpha value is -2.26. The normalized spacial score (nSPS) is 11.0. The van der Waals surface area contributed by atoms with Crippen LogP contribution in [0.3, 0.4) is 0 Å². The maximum absolute atomic E-state index is 6.04. The number of nitrogens with two attached hydrogens (primary N) is 1. The zero-order chi connectivity index (χ0) is 14.7. The van der Waals surface area contributed by atoms with Crippen molar-refractivity contribution in [3.8, 4) is 5.75 Å². The summed E-state index contributed by atoms with van der Waals surface area (Å²) in [5.41, 5.74) is 9.09. The Morgan fingerprint density at radius 3 is 2.62 bits per heavy atom. The van der Waals surface area contributed by atoms with Gasteiger partial charge < -0.3 is 14.9 Å². The second-order valence-corrected chi connectivity index (χ2v) is 5.07. The van der Waals surface area contributed by atoms with E-state index in [4.69, 9.17) is 14.9 Å². The van der Waals surface area contributed by atoms with Crippen LogP contribution in [0.4, 0.5) is 0 Å². The van der Waals surface area contributed by atoms with Crippen LogP contribution in [-0.4, -0.2) is 13.7 Å². The van der Waals surface area contributed by atoms with Crippen molar-refractivity contribution in [2.45, 2.75) is 12.8 Å². The van der Waals surface area contributed by atoms with E-state index in [1.54, 1.807) is 7.11 Å².